The molecule has 1 spiro atoms. The van der Waals surface area contributed by atoms with Crippen LogP contribution in [-0.2, 0) is 23.8 Å². The van der Waals surface area contributed by atoms with Gasteiger partial charge in [0.1, 0.15) is 12.2 Å². The van der Waals surface area contributed by atoms with Crippen molar-refractivity contribution in [1.82, 2.24) is 0 Å². The van der Waals surface area contributed by atoms with E-state index in [0.717, 1.165) is 5.57 Å². The lowest BCUT2D eigenvalue weighted by molar-refractivity contribution is -0.195. The van der Waals surface area contributed by atoms with Crippen LogP contribution in [0.1, 0.15) is 20.3 Å². The van der Waals surface area contributed by atoms with Crippen molar-refractivity contribution in [1.29, 1.82) is 0 Å². The lowest BCUT2D eigenvalue weighted by Crippen LogP contribution is -2.66. The minimum absolute atomic E-state index is 0.269. The van der Waals surface area contributed by atoms with E-state index in [9.17, 15) is 14.7 Å². The van der Waals surface area contributed by atoms with Crippen molar-refractivity contribution < 1.29 is 28.9 Å². The van der Waals surface area contributed by atoms with Crippen molar-refractivity contribution in [2.75, 3.05) is 0 Å². The first-order valence-electron chi connectivity index (χ1n) is 7.26. The van der Waals surface area contributed by atoms with Crippen LogP contribution in [0.5, 0.6) is 0 Å². The number of hydrogen-bond donors (Lipinski definition) is 1. The molecule has 0 radical (unpaired) electrons. The highest BCUT2D eigenvalue weighted by Crippen LogP contribution is 2.76. The normalized spacial score (nSPS) is 62.0. The van der Waals surface area contributed by atoms with Gasteiger partial charge in [0.25, 0.3) is 0 Å². The Bertz CT molecular complexity index is 642. The van der Waals surface area contributed by atoms with Gasteiger partial charge in [-0.1, -0.05) is 12.2 Å². The lowest BCUT2D eigenvalue weighted by atomic mass is 9.53. The molecule has 5 rings (SSSR count). The van der Waals surface area contributed by atoms with Gasteiger partial charge in [-0.15, -0.1) is 0 Å². The first-order valence-corrected chi connectivity index (χ1v) is 7.26. The quantitative estimate of drug-likeness (QED) is 0.414. The Kier molecular flexibility index (Phi) is 1.68. The Morgan fingerprint density at radius 2 is 2.10 bits per heavy atom. The first kappa shape index (κ1) is 12.2. The van der Waals surface area contributed by atoms with E-state index in [1.807, 2.05) is 6.92 Å². The minimum Gasteiger partial charge on any atom is -0.457 e. The van der Waals surface area contributed by atoms with Gasteiger partial charge in [0.2, 0.25) is 5.60 Å². The predicted molar refractivity (Wildman–Crippen MR) is 66.8 cm³/mol. The Morgan fingerprint density at radius 1 is 1.38 bits per heavy atom. The Morgan fingerprint density at radius 3 is 2.76 bits per heavy atom. The van der Waals surface area contributed by atoms with Gasteiger partial charge >= 0.3 is 11.9 Å². The summed E-state index contributed by atoms with van der Waals surface area (Å²) in [4.78, 5) is 24.7. The summed E-state index contributed by atoms with van der Waals surface area (Å²) in [6.45, 7) is 7.55. The fraction of sp³-hybridized carbons (Fsp3) is 0.733. The molecule has 112 valence electrons. The molecule has 3 aliphatic heterocycles. The molecule has 5 aliphatic rings. The van der Waals surface area contributed by atoms with Gasteiger partial charge in [0, 0.05) is 12.3 Å². The van der Waals surface area contributed by atoms with E-state index in [0.29, 0.717) is 0 Å². The van der Waals surface area contributed by atoms with Crippen LogP contribution in [0.25, 0.3) is 0 Å². The number of hydrogen-bond acceptors (Lipinski definition) is 6. The molecule has 3 heterocycles. The minimum atomic E-state index is -1.35. The van der Waals surface area contributed by atoms with Gasteiger partial charge in [-0.2, -0.15) is 0 Å². The summed E-state index contributed by atoms with van der Waals surface area (Å²) in [5.41, 5.74) is -2.60. The van der Waals surface area contributed by atoms with Crippen molar-refractivity contribution in [2.45, 2.75) is 49.8 Å². The van der Waals surface area contributed by atoms with Crippen LogP contribution in [0.15, 0.2) is 12.2 Å². The molecule has 0 aromatic rings. The van der Waals surface area contributed by atoms with E-state index in [4.69, 9.17) is 14.2 Å². The third-order valence-corrected chi connectivity index (χ3v) is 6.60. The zero-order valence-electron chi connectivity index (χ0n) is 11.8. The summed E-state index contributed by atoms with van der Waals surface area (Å²) < 4.78 is 16.6. The Labute approximate surface area is 121 Å². The highest BCUT2D eigenvalue weighted by atomic mass is 16.7. The largest absolute Gasteiger partial charge is 0.457 e. The van der Waals surface area contributed by atoms with Crippen molar-refractivity contribution in [3.63, 3.8) is 0 Å². The summed E-state index contributed by atoms with van der Waals surface area (Å²) in [6.07, 6.45) is -1.34. The summed E-state index contributed by atoms with van der Waals surface area (Å²) in [7, 11) is 0. The van der Waals surface area contributed by atoms with E-state index < -0.39 is 46.7 Å². The molecule has 2 aliphatic carbocycles. The maximum Gasteiger partial charge on any atom is 0.342 e. The van der Waals surface area contributed by atoms with E-state index in [-0.39, 0.29) is 18.4 Å². The standard InChI is InChI=1S/C15H16O6/c1-5(2)7-8-11(16)19-9(7)10-13(3)14(8,18)4-6-15(13,21-6)12(17)20-10/h6-10,18H,1,4H2,2-3H3/t6-,7?,8?,9?,10?,13?,14?,15+/m1/s1. The van der Waals surface area contributed by atoms with Crippen LogP contribution < -0.4 is 0 Å². The molecule has 5 fully saturated rings. The fourth-order valence-electron chi connectivity index (χ4n) is 5.59. The van der Waals surface area contributed by atoms with Crippen LogP contribution in [0.4, 0.5) is 0 Å². The topological polar surface area (TPSA) is 85.4 Å². The number of carbonyl (C=O) groups is 2. The number of rotatable bonds is 1. The second kappa shape index (κ2) is 2.90. The smallest absolute Gasteiger partial charge is 0.342 e. The number of fused-ring (bicyclic) bond motifs is 4. The molecule has 6 unspecified atom stereocenters. The van der Waals surface area contributed by atoms with E-state index in [1.165, 1.54) is 0 Å². The second-order valence-corrected chi connectivity index (χ2v) is 7.25. The maximum absolute atomic E-state index is 12.3. The number of epoxide rings is 1. The van der Waals surface area contributed by atoms with Gasteiger partial charge in [0.15, 0.2) is 6.10 Å². The molecular weight excluding hydrogens is 276 g/mol. The van der Waals surface area contributed by atoms with Gasteiger partial charge in [-0.3, -0.25) is 4.79 Å². The Balaban J connectivity index is 1.78. The molecular formula is C15H16O6. The molecule has 2 bridgehead atoms. The predicted octanol–water partition coefficient (Wildman–Crippen LogP) is -0.0620. The monoisotopic (exact) mass is 292 g/mol. The molecule has 6 heteroatoms. The second-order valence-electron chi connectivity index (χ2n) is 7.25. The highest BCUT2D eigenvalue weighted by Gasteiger charge is 2.95. The number of carbonyl (C=O) groups excluding carboxylic acids is 2. The van der Waals surface area contributed by atoms with Crippen molar-refractivity contribution in [2.24, 2.45) is 17.3 Å². The van der Waals surface area contributed by atoms with Crippen LogP contribution >= 0.6 is 0 Å². The summed E-state index contributed by atoms with van der Waals surface area (Å²) in [5, 5.41) is 11.4. The SMILES string of the molecule is C=C(C)C1C2OC(=O)C1C1(O)C[C@H]3O[C@]34C(=O)OC2C14C. The van der Waals surface area contributed by atoms with E-state index in [2.05, 4.69) is 6.58 Å². The van der Waals surface area contributed by atoms with E-state index in [1.54, 1.807) is 6.92 Å². The zero-order valence-corrected chi connectivity index (χ0v) is 11.8. The Hall–Kier alpha value is -1.40. The lowest BCUT2D eigenvalue weighted by Gasteiger charge is -2.51. The first-order chi connectivity index (χ1) is 9.79. The molecule has 0 aromatic carbocycles. The van der Waals surface area contributed by atoms with Crippen molar-refractivity contribution >= 4 is 11.9 Å². The third-order valence-electron chi connectivity index (χ3n) is 6.60. The summed E-state index contributed by atoms with van der Waals surface area (Å²) in [5.74, 6) is -1.86. The summed E-state index contributed by atoms with van der Waals surface area (Å²) in [6, 6.07) is 0. The van der Waals surface area contributed by atoms with Crippen LogP contribution in [0.3, 0.4) is 0 Å². The third kappa shape index (κ3) is 0.874. The van der Waals surface area contributed by atoms with Gasteiger partial charge < -0.3 is 19.3 Å². The zero-order chi connectivity index (χ0) is 14.9. The van der Waals surface area contributed by atoms with Gasteiger partial charge in [0.05, 0.1) is 16.9 Å². The molecule has 8 atom stereocenters. The molecule has 1 N–H and O–H groups in total. The van der Waals surface area contributed by atoms with Crippen LogP contribution in [0, 0.1) is 17.3 Å². The summed E-state index contributed by atoms with van der Waals surface area (Å²) >= 11 is 0. The van der Waals surface area contributed by atoms with Gasteiger partial charge in [-0.05, 0) is 13.8 Å². The average Bonchev–Trinajstić information content (AvgIpc) is 2.86. The molecule has 6 nitrogen and oxygen atoms in total. The molecule has 0 amide bonds. The van der Waals surface area contributed by atoms with Crippen molar-refractivity contribution in [3.05, 3.63) is 12.2 Å². The number of esters is 2. The number of aliphatic hydroxyl groups is 1. The maximum atomic E-state index is 12.3. The highest BCUT2D eigenvalue weighted by molar-refractivity contribution is 5.91. The molecule has 21 heavy (non-hydrogen) atoms. The van der Waals surface area contributed by atoms with Gasteiger partial charge in [-0.25, -0.2) is 4.79 Å². The fourth-order valence-corrected chi connectivity index (χ4v) is 5.59. The molecule has 3 saturated heterocycles. The van der Waals surface area contributed by atoms with Crippen molar-refractivity contribution in [3.8, 4) is 0 Å². The van der Waals surface area contributed by atoms with E-state index >= 15 is 0 Å². The average molecular weight is 292 g/mol. The van der Waals surface area contributed by atoms with Crippen LogP contribution in [0.2, 0.25) is 0 Å². The molecule has 0 aromatic heterocycles. The van der Waals surface area contributed by atoms with Crippen LogP contribution in [-0.4, -0.2) is 46.6 Å². The number of ether oxygens (including phenoxy) is 3. The molecule has 2 saturated carbocycles.